The third-order valence-electron chi connectivity index (χ3n) is 5.79. The summed E-state index contributed by atoms with van der Waals surface area (Å²) in [6.45, 7) is 0.524. The molecule has 0 radical (unpaired) electrons. The number of hydrogen-bond acceptors (Lipinski definition) is 5. The highest BCUT2D eigenvalue weighted by atomic mass is 35.5. The van der Waals surface area contributed by atoms with Crippen molar-refractivity contribution in [2.24, 2.45) is 0 Å². The maximum Gasteiger partial charge on any atom is 0.433 e. The molecule has 12 heteroatoms. The van der Waals surface area contributed by atoms with Gasteiger partial charge in [0.25, 0.3) is 0 Å². The minimum Gasteiger partial charge on any atom is -0.496 e. The first-order valence-electron chi connectivity index (χ1n) is 10.5. The smallest absolute Gasteiger partial charge is 0.433 e. The average Bonchev–Trinajstić information content (AvgIpc) is 3.44. The molecule has 3 aromatic heterocycles. The van der Waals surface area contributed by atoms with E-state index in [1.54, 1.807) is 13.1 Å². The lowest BCUT2D eigenvalue weighted by atomic mass is 9.91. The summed E-state index contributed by atoms with van der Waals surface area (Å²) in [5, 5.41) is 22.8. The first-order valence-corrected chi connectivity index (χ1v) is 10.9. The lowest BCUT2D eigenvalue weighted by molar-refractivity contribution is -0.144. The number of nitrogens with one attached hydrogen (secondary N) is 1. The lowest BCUT2D eigenvalue weighted by Crippen LogP contribution is -2.25. The van der Waals surface area contributed by atoms with Crippen LogP contribution in [0, 0.1) is 5.82 Å². The third-order valence-corrected chi connectivity index (χ3v) is 6.17. The van der Waals surface area contributed by atoms with Crippen LogP contribution in [0.4, 0.5) is 17.6 Å². The second-order valence-corrected chi connectivity index (χ2v) is 8.36. The molecule has 3 N–H and O–H groups in total. The highest BCUT2D eigenvalue weighted by Crippen LogP contribution is 2.42. The first-order chi connectivity index (χ1) is 16.6. The van der Waals surface area contributed by atoms with Crippen LogP contribution in [0.15, 0.2) is 36.8 Å². The number of aliphatic hydroxyl groups excluding tert-OH is 2. The van der Waals surface area contributed by atoms with Crippen LogP contribution in [0.5, 0.6) is 5.75 Å². The Morgan fingerprint density at radius 3 is 2.66 bits per heavy atom. The SMILES string of the molecule is COc1ccc(F)c(Cl)c1[C@@H](C)c1c[nH]c2ncc(-c3cnn(CC(O)CO)c3C(F)(F)F)cc12. The molecular formula is C23H21ClF4N4O3. The van der Waals surface area contributed by atoms with Gasteiger partial charge in [-0.05, 0) is 23.8 Å². The molecule has 0 aliphatic heterocycles. The van der Waals surface area contributed by atoms with Gasteiger partial charge in [0.2, 0.25) is 0 Å². The van der Waals surface area contributed by atoms with Crippen LogP contribution in [0.1, 0.15) is 29.7 Å². The van der Waals surface area contributed by atoms with Crippen LogP contribution in [0.2, 0.25) is 5.02 Å². The largest absolute Gasteiger partial charge is 0.496 e. The number of halogens is 5. The minimum atomic E-state index is -4.79. The van der Waals surface area contributed by atoms with Crippen molar-refractivity contribution in [3.8, 4) is 16.9 Å². The average molecular weight is 513 g/mol. The van der Waals surface area contributed by atoms with E-state index >= 15 is 0 Å². The number of H-pyrrole nitrogens is 1. The molecule has 0 aliphatic rings. The Morgan fingerprint density at radius 1 is 1.26 bits per heavy atom. The Kier molecular flexibility index (Phi) is 6.76. The number of aliphatic hydroxyl groups is 2. The summed E-state index contributed by atoms with van der Waals surface area (Å²) in [7, 11) is 1.43. The Labute approximate surface area is 201 Å². The maximum atomic E-state index is 14.2. The zero-order valence-electron chi connectivity index (χ0n) is 18.6. The normalized spacial score (nSPS) is 13.9. The van der Waals surface area contributed by atoms with E-state index in [1.165, 1.54) is 31.5 Å². The molecule has 0 spiro atoms. The second kappa shape index (κ2) is 9.48. The number of fused-ring (bicyclic) bond motifs is 1. The van der Waals surface area contributed by atoms with E-state index < -0.39 is 42.9 Å². The number of nitrogens with zero attached hydrogens (tertiary/aromatic N) is 3. The van der Waals surface area contributed by atoms with E-state index in [0.29, 0.717) is 32.6 Å². The van der Waals surface area contributed by atoms with E-state index in [0.717, 1.165) is 6.20 Å². The summed E-state index contributed by atoms with van der Waals surface area (Å²) in [6, 6.07) is 4.18. The van der Waals surface area contributed by atoms with Gasteiger partial charge in [-0.15, -0.1) is 0 Å². The van der Waals surface area contributed by atoms with Gasteiger partial charge in [0.1, 0.15) is 17.2 Å². The van der Waals surface area contributed by atoms with E-state index in [4.69, 9.17) is 21.4 Å². The highest BCUT2D eigenvalue weighted by molar-refractivity contribution is 6.31. The summed E-state index contributed by atoms with van der Waals surface area (Å²) < 4.78 is 62.0. The Hall–Kier alpha value is -3.15. The predicted octanol–water partition coefficient (Wildman–Crippen LogP) is 4.75. The van der Waals surface area contributed by atoms with Gasteiger partial charge in [-0.1, -0.05) is 18.5 Å². The zero-order chi connectivity index (χ0) is 25.5. The second-order valence-electron chi connectivity index (χ2n) is 7.99. The van der Waals surface area contributed by atoms with Crippen LogP contribution in [0.3, 0.4) is 0 Å². The molecular weight excluding hydrogens is 492 g/mol. The number of aromatic amines is 1. The Bertz CT molecular complexity index is 1370. The molecule has 2 atom stereocenters. The van der Waals surface area contributed by atoms with E-state index in [-0.39, 0.29) is 16.1 Å². The predicted molar refractivity (Wildman–Crippen MR) is 121 cm³/mol. The van der Waals surface area contributed by atoms with Crippen molar-refractivity contribution in [3.63, 3.8) is 0 Å². The van der Waals surface area contributed by atoms with Crippen molar-refractivity contribution < 1.29 is 32.5 Å². The quantitative estimate of drug-likeness (QED) is 0.311. The molecule has 7 nitrogen and oxygen atoms in total. The van der Waals surface area contributed by atoms with Gasteiger partial charge in [0, 0.05) is 40.4 Å². The molecule has 1 aromatic carbocycles. The molecule has 0 fully saturated rings. The standard InChI is InChI=1S/C23H21ClF4N4O3/c1-11(19-18(35-2)4-3-17(25)20(19)24)15-7-30-22-14(15)5-12(6-29-22)16-8-31-32(9-13(34)10-33)21(16)23(26,27)28/h3-8,11,13,33-34H,9-10H2,1-2H3,(H,29,30)/t11-,13?/m0/s1. The number of alkyl halides is 3. The summed E-state index contributed by atoms with van der Waals surface area (Å²) >= 11 is 6.24. The van der Waals surface area contributed by atoms with Crippen molar-refractivity contribution >= 4 is 22.6 Å². The molecule has 0 saturated carbocycles. The Balaban J connectivity index is 1.85. The number of methoxy groups -OCH3 is 1. The van der Waals surface area contributed by atoms with Crippen molar-refractivity contribution in [2.75, 3.05) is 13.7 Å². The van der Waals surface area contributed by atoms with Crippen molar-refractivity contribution in [3.05, 3.63) is 64.5 Å². The van der Waals surface area contributed by atoms with Gasteiger partial charge in [0.05, 0.1) is 37.6 Å². The van der Waals surface area contributed by atoms with Crippen LogP contribution in [-0.2, 0) is 12.7 Å². The number of rotatable bonds is 7. The van der Waals surface area contributed by atoms with Crippen LogP contribution < -0.4 is 4.74 Å². The molecule has 0 aliphatic carbocycles. The summed E-state index contributed by atoms with van der Waals surface area (Å²) in [5.41, 5.74) is 0.252. The lowest BCUT2D eigenvalue weighted by Gasteiger charge is -2.18. The molecule has 186 valence electrons. The van der Waals surface area contributed by atoms with E-state index in [1.807, 2.05) is 0 Å². The number of ether oxygens (including phenoxy) is 1. The molecule has 0 saturated heterocycles. The van der Waals surface area contributed by atoms with E-state index in [2.05, 4.69) is 15.1 Å². The highest BCUT2D eigenvalue weighted by Gasteiger charge is 2.39. The summed E-state index contributed by atoms with van der Waals surface area (Å²) in [6.07, 6.45) is -2.24. The first kappa shape index (κ1) is 25.0. The Morgan fingerprint density at radius 2 is 2.00 bits per heavy atom. The number of aromatic nitrogens is 4. The molecule has 1 unspecified atom stereocenters. The molecule has 0 amide bonds. The van der Waals surface area contributed by atoms with Crippen molar-refractivity contribution in [2.45, 2.75) is 31.7 Å². The fourth-order valence-electron chi connectivity index (χ4n) is 4.11. The molecule has 4 aromatic rings. The molecule has 3 heterocycles. The fraction of sp³-hybridized carbons (Fsp3) is 0.304. The summed E-state index contributed by atoms with van der Waals surface area (Å²) in [5.74, 6) is -0.755. The molecule has 4 rings (SSSR count). The van der Waals surface area contributed by atoms with Crippen molar-refractivity contribution in [1.82, 2.24) is 19.7 Å². The van der Waals surface area contributed by atoms with Crippen LogP contribution >= 0.6 is 11.6 Å². The van der Waals surface area contributed by atoms with Gasteiger partial charge >= 0.3 is 6.18 Å². The summed E-state index contributed by atoms with van der Waals surface area (Å²) in [4.78, 5) is 7.24. The molecule has 35 heavy (non-hydrogen) atoms. The van der Waals surface area contributed by atoms with Gasteiger partial charge in [-0.3, -0.25) is 4.68 Å². The monoisotopic (exact) mass is 512 g/mol. The minimum absolute atomic E-state index is 0.113. The van der Waals surface area contributed by atoms with Gasteiger partial charge in [0.15, 0.2) is 5.69 Å². The van der Waals surface area contributed by atoms with E-state index in [9.17, 15) is 22.7 Å². The van der Waals surface area contributed by atoms with Gasteiger partial charge in [-0.25, -0.2) is 9.37 Å². The zero-order valence-corrected chi connectivity index (χ0v) is 19.3. The van der Waals surface area contributed by atoms with Crippen molar-refractivity contribution in [1.29, 1.82) is 0 Å². The number of pyridine rings is 1. The van der Waals surface area contributed by atoms with Gasteiger partial charge in [-0.2, -0.15) is 18.3 Å². The fourth-order valence-corrected chi connectivity index (χ4v) is 4.43. The van der Waals surface area contributed by atoms with Crippen LogP contribution in [0.25, 0.3) is 22.2 Å². The number of hydrogen-bond donors (Lipinski definition) is 3. The maximum absolute atomic E-state index is 14.2. The number of benzene rings is 1. The van der Waals surface area contributed by atoms with Gasteiger partial charge < -0.3 is 19.9 Å². The molecule has 0 bridgehead atoms. The topological polar surface area (TPSA) is 96.2 Å². The third kappa shape index (κ3) is 4.58. The van der Waals surface area contributed by atoms with Crippen LogP contribution in [-0.4, -0.2) is 49.8 Å².